The van der Waals surface area contributed by atoms with Crippen LogP contribution in [0, 0.1) is 5.82 Å². The molecule has 0 spiro atoms. The minimum Gasteiger partial charge on any atom is -0.236 e. The Morgan fingerprint density at radius 3 is 2.94 bits per heavy atom. The Morgan fingerprint density at radius 2 is 2.12 bits per heavy atom. The second kappa shape index (κ2) is 4.18. The van der Waals surface area contributed by atoms with E-state index in [-0.39, 0.29) is 5.82 Å². The number of hydrogen-bond donors (Lipinski definition) is 0. The van der Waals surface area contributed by atoms with Gasteiger partial charge in [0, 0.05) is 17.5 Å². The van der Waals surface area contributed by atoms with Gasteiger partial charge in [0.15, 0.2) is 5.82 Å². The monoisotopic (exact) mass is 292 g/mol. The molecule has 2 nitrogen and oxygen atoms in total. The van der Waals surface area contributed by atoms with E-state index < -0.39 is 0 Å². The molecule has 2 aromatic rings. The van der Waals surface area contributed by atoms with E-state index in [1.807, 2.05) is 6.20 Å². The van der Waals surface area contributed by atoms with Crippen molar-refractivity contribution in [3.05, 3.63) is 45.9 Å². The fourth-order valence-corrected chi connectivity index (χ4v) is 2.47. The van der Waals surface area contributed by atoms with Gasteiger partial charge in [-0.15, -0.1) is 0 Å². The number of aromatic nitrogens is 2. The van der Waals surface area contributed by atoms with Crippen LogP contribution in [-0.4, -0.2) is 9.97 Å². The van der Waals surface area contributed by atoms with Gasteiger partial charge in [-0.3, -0.25) is 0 Å². The summed E-state index contributed by atoms with van der Waals surface area (Å²) in [5.41, 5.74) is 3.22. The second-order valence-corrected chi connectivity index (χ2v) is 5.00. The molecular formula is C13H10BrFN2. The molecule has 0 N–H and O–H groups in total. The molecule has 1 aromatic heterocycles. The molecule has 86 valence electrons. The van der Waals surface area contributed by atoms with Crippen molar-refractivity contribution in [2.24, 2.45) is 0 Å². The van der Waals surface area contributed by atoms with Crippen LogP contribution in [-0.2, 0) is 12.8 Å². The fourth-order valence-electron chi connectivity index (χ4n) is 2.09. The standard InChI is InChI=1S/C13H10BrFN2/c14-10-6-8(4-5-11(10)15)13-16-7-9-2-1-3-12(9)17-13/h4-7H,1-3H2. The van der Waals surface area contributed by atoms with Gasteiger partial charge in [-0.05, 0) is 59.0 Å². The molecule has 3 rings (SSSR count). The topological polar surface area (TPSA) is 25.8 Å². The van der Waals surface area contributed by atoms with E-state index in [1.165, 1.54) is 11.6 Å². The quantitative estimate of drug-likeness (QED) is 0.803. The van der Waals surface area contributed by atoms with E-state index in [9.17, 15) is 4.39 Å². The molecule has 0 bridgehead atoms. The first-order valence-corrected chi connectivity index (χ1v) is 6.33. The predicted molar refractivity (Wildman–Crippen MR) is 67.2 cm³/mol. The lowest BCUT2D eigenvalue weighted by atomic mass is 10.2. The molecule has 0 radical (unpaired) electrons. The minimum absolute atomic E-state index is 0.269. The zero-order valence-corrected chi connectivity index (χ0v) is 10.7. The molecule has 1 heterocycles. The Hall–Kier alpha value is -1.29. The Bertz CT molecular complexity index is 584. The van der Waals surface area contributed by atoms with E-state index >= 15 is 0 Å². The van der Waals surface area contributed by atoms with Gasteiger partial charge in [0.25, 0.3) is 0 Å². The number of hydrogen-bond acceptors (Lipinski definition) is 2. The van der Waals surface area contributed by atoms with Crippen LogP contribution in [0.25, 0.3) is 11.4 Å². The molecule has 4 heteroatoms. The van der Waals surface area contributed by atoms with Crippen molar-refractivity contribution < 1.29 is 4.39 Å². The molecule has 0 atom stereocenters. The van der Waals surface area contributed by atoms with Crippen LogP contribution in [0.5, 0.6) is 0 Å². The maximum atomic E-state index is 13.1. The van der Waals surface area contributed by atoms with Gasteiger partial charge in [-0.2, -0.15) is 0 Å². The molecule has 0 aliphatic heterocycles. The molecule has 0 saturated carbocycles. The molecule has 0 saturated heterocycles. The van der Waals surface area contributed by atoms with E-state index in [1.54, 1.807) is 12.1 Å². The molecule has 1 aromatic carbocycles. The lowest BCUT2D eigenvalue weighted by molar-refractivity contribution is 0.621. The summed E-state index contributed by atoms with van der Waals surface area (Å²) < 4.78 is 13.6. The summed E-state index contributed by atoms with van der Waals surface area (Å²) in [6, 6.07) is 4.85. The molecule has 0 amide bonds. The molecule has 0 fully saturated rings. The molecule has 0 unspecified atom stereocenters. The highest BCUT2D eigenvalue weighted by Crippen LogP contribution is 2.25. The van der Waals surface area contributed by atoms with Crippen molar-refractivity contribution in [3.8, 4) is 11.4 Å². The summed E-state index contributed by atoms with van der Waals surface area (Å²) in [7, 11) is 0. The molecule has 1 aliphatic rings. The van der Waals surface area contributed by atoms with Gasteiger partial charge >= 0.3 is 0 Å². The largest absolute Gasteiger partial charge is 0.236 e. The third-order valence-corrected chi connectivity index (χ3v) is 3.60. The number of rotatable bonds is 1. The summed E-state index contributed by atoms with van der Waals surface area (Å²) in [6.07, 6.45) is 5.14. The van der Waals surface area contributed by atoms with Crippen LogP contribution in [0.4, 0.5) is 4.39 Å². The van der Waals surface area contributed by atoms with Crippen molar-refractivity contribution in [1.29, 1.82) is 0 Å². The number of fused-ring (bicyclic) bond motifs is 1. The Labute approximate surface area is 107 Å². The molecule has 1 aliphatic carbocycles. The summed E-state index contributed by atoms with van der Waals surface area (Å²) in [4.78, 5) is 8.88. The third kappa shape index (κ3) is 1.97. The summed E-state index contributed by atoms with van der Waals surface area (Å²) >= 11 is 3.18. The van der Waals surface area contributed by atoms with Crippen LogP contribution in [0.1, 0.15) is 17.7 Å². The van der Waals surface area contributed by atoms with Crippen LogP contribution >= 0.6 is 15.9 Å². The normalized spacial score (nSPS) is 13.8. The van der Waals surface area contributed by atoms with Crippen LogP contribution in [0.15, 0.2) is 28.9 Å². The number of aryl methyl sites for hydroxylation is 2. The SMILES string of the molecule is Fc1ccc(-c2ncc3c(n2)CCC3)cc1Br. The highest BCUT2D eigenvalue weighted by Gasteiger charge is 2.14. The van der Waals surface area contributed by atoms with Crippen LogP contribution in [0.2, 0.25) is 0 Å². The smallest absolute Gasteiger partial charge is 0.159 e. The van der Waals surface area contributed by atoms with Crippen molar-refractivity contribution in [2.45, 2.75) is 19.3 Å². The first-order chi connectivity index (χ1) is 8.24. The zero-order chi connectivity index (χ0) is 11.8. The van der Waals surface area contributed by atoms with E-state index in [2.05, 4.69) is 25.9 Å². The van der Waals surface area contributed by atoms with Crippen molar-refractivity contribution in [2.75, 3.05) is 0 Å². The van der Waals surface area contributed by atoms with Crippen molar-refractivity contribution in [1.82, 2.24) is 9.97 Å². The first-order valence-electron chi connectivity index (χ1n) is 5.54. The van der Waals surface area contributed by atoms with E-state index in [0.29, 0.717) is 10.3 Å². The fraction of sp³-hybridized carbons (Fsp3) is 0.231. The molecule has 17 heavy (non-hydrogen) atoms. The Balaban J connectivity index is 2.06. The zero-order valence-electron chi connectivity index (χ0n) is 9.08. The Morgan fingerprint density at radius 1 is 1.24 bits per heavy atom. The van der Waals surface area contributed by atoms with Gasteiger partial charge in [-0.25, -0.2) is 14.4 Å². The van der Waals surface area contributed by atoms with Crippen LogP contribution < -0.4 is 0 Å². The average molecular weight is 293 g/mol. The number of halogens is 2. The first kappa shape index (κ1) is 10.8. The number of nitrogens with zero attached hydrogens (tertiary/aromatic N) is 2. The summed E-state index contributed by atoms with van der Waals surface area (Å²) in [6.45, 7) is 0. The Kier molecular flexibility index (Phi) is 2.67. The van der Waals surface area contributed by atoms with Crippen molar-refractivity contribution in [3.63, 3.8) is 0 Å². The maximum absolute atomic E-state index is 13.1. The summed E-state index contributed by atoms with van der Waals surface area (Å²) in [5.74, 6) is 0.404. The summed E-state index contributed by atoms with van der Waals surface area (Å²) in [5, 5.41) is 0. The minimum atomic E-state index is -0.269. The van der Waals surface area contributed by atoms with Gasteiger partial charge in [0.2, 0.25) is 0 Å². The molecular weight excluding hydrogens is 283 g/mol. The average Bonchev–Trinajstić information content (AvgIpc) is 2.79. The van der Waals surface area contributed by atoms with Gasteiger partial charge in [0.05, 0.1) is 4.47 Å². The number of benzene rings is 1. The van der Waals surface area contributed by atoms with Gasteiger partial charge in [-0.1, -0.05) is 0 Å². The van der Waals surface area contributed by atoms with Gasteiger partial charge in [0.1, 0.15) is 5.82 Å². The third-order valence-electron chi connectivity index (χ3n) is 2.99. The van der Waals surface area contributed by atoms with E-state index in [4.69, 9.17) is 0 Å². The van der Waals surface area contributed by atoms with Gasteiger partial charge < -0.3 is 0 Å². The maximum Gasteiger partial charge on any atom is 0.159 e. The lowest BCUT2D eigenvalue weighted by Crippen LogP contribution is -1.95. The highest BCUT2D eigenvalue weighted by atomic mass is 79.9. The highest BCUT2D eigenvalue weighted by molar-refractivity contribution is 9.10. The van der Waals surface area contributed by atoms with Crippen molar-refractivity contribution >= 4 is 15.9 Å². The second-order valence-electron chi connectivity index (χ2n) is 4.15. The lowest BCUT2D eigenvalue weighted by Gasteiger charge is -2.04. The van der Waals surface area contributed by atoms with Crippen LogP contribution in [0.3, 0.4) is 0 Å². The predicted octanol–water partition coefficient (Wildman–Crippen LogP) is 3.53. The van der Waals surface area contributed by atoms with E-state index in [0.717, 1.165) is 30.5 Å².